The molecule has 0 fully saturated rings. The minimum atomic E-state index is -0.232. The Kier molecular flexibility index (Phi) is 6.42. The summed E-state index contributed by atoms with van der Waals surface area (Å²) in [7, 11) is 0. The van der Waals surface area contributed by atoms with Gasteiger partial charge in [0.15, 0.2) is 0 Å². The lowest BCUT2D eigenvalue weighted by molar-refractivity contribution is 0.104. The van der Waals surface area contributed by atoms with Gasteiger partial charge in [-0.25, -0.2) is 4.39 Å². The van der Waals surface area contributed by atoms with Gasteiger partial charge in [-0.15, -0.1) is 0 Å². The van der Waals surface area contributed by atoms with Crippen molar-refractivity contribution < 1.29 is 13.5 Å². The van der Waals surface area contributed by atoms with Crippen molar-refractivity contribution in [2.24, 2.45) is 0 Å². The zero-order chi connectivity index (χ0) is 15.1. The number of hydrogen-bond acceptors (Lipinski definition) is 3. The van der Waals surface area contributed by atoms with Crippen LogP contribution in [0, 0.1) is 5.82 Å². The first-order valence-electron chi connectivity index (χ1n) is 6.95. The van der Waals surface area contributed by atoms with Crippen molar-refractivity contribution in [3.8, 4) is 0 Å². The Morgan fingerprint density at radius 2 is 2.24 bits per heavy atom. The van der Waals surface area contributed by atoms with E-state index in [1.807, 2.05) is 12.1 Å². The molecular weight excluding hydrogens is 337 g/mol. The third-order valence-electron chi connectivity index (χ3n) is 3.17. The fourth-order valence-corrected chi connectivity index (χ4v) is 2.72. The minimum absolute atomic E-state index is 0.157. The molecular formula is C16H19BrFNO2. The van der Waals surface area contributed by atoms with Gasteiger partial charge in [0.1, 0.15) is 18.2 Å². The molecule has 2 rings (SSSR count). The maximum absolute atomic E-state index is 13.0. The number of ether oxygens (including phenoxy) is 1. The van der Waals surface area contributed by atoms with E-state index in [0.29, 0.717) is 13.2 Å². The van der Waals surface area contributed by atoms with Crippen LogP contribution < -0.4 is 5.32 Å². The largest absolute Gasteiger partial charge is 0.467 e. The maximum atomic E-state index is 13.0. The van der Waals surface area contributed by atoms with Gasteiger partial charge < -0.3 is 14.5 Å². The quantitative estimate of drug-likeness (QED) is 0.710. The lowest BCUT2D eigenvalue weighted by Crippen LogP contribution is -2.21. The summed E-state index contributed by atoms with van der Waals surface area (Å²) in [6.45, 7) is 4.07. The number of hydrogen-bond donors (Lipinski definition) is 1. The minimum Gasteiger partial charge on any atom is -0.467 e. The monoisotopic (exact) mass is 355 g/mol. The van der Waals surface area contributed by atoms with Gasteiger partial charge in [-0.3, -0.25) is 0 Å². The molecule has 1 unspecified atom stereocenters. The van der Waals surface area contributed by atoms with Crippen LogP contribution in [0.2, 0.25) is 0 Å². The van der Waals surface area contributed by atoms with E-state index in [2.05, 4.69) is 28.2 Å². The lowest BCUT2D eigenvalue weighted by Gasteiger charge is -2.16. The topological polar surface area (TPSA) is 34.4 Å². The van der Waals surface area contributed by atoms with E-state index in [1.54, 1.807) is 12.3 Å². The van der Waals surface area contributed by atoms with Gasteiger partial charge >= 0.3 is 0 Å². The van der Waals surface area contributed by atoms with Crippen LogP contribution in [0.25, 0.3) is 0 Å². The summed E-state index contributed by atoms with van der Waals surface area (Å²) in [4.78, 5) is 0. The first-order chi connectivity index (χ1) is 10.2. The third-order valence-corrected chi connectivity index (χ3v) is 3.86. The van der Waals surface area contributed by atoms with E-state index >= 15 is 0 Å². The molecule has 1 aromatic carbocycles. The molecule has 1 N–H and O–H groups in total. The number of nitrogens with one attached hydrogen (secondary N) is 1. The predicted octanol–water partition coefficient (Wildman–Crippen LogP) is 4.44. The molecule has 0 bridgehead atoms. The van der Waals surface area contributed by atoms with Gasteiger partial charge in [0.05, 0.1) is 6.26 Å². The van der Waals surface area contributed by atoms with E-state index in [9.17, 15) is 4.39 Å². The Morgan fingerprint density at radius 3 is 2.95 bits per heavy atom. The van der Waals surface area contributed by atoms with E-state index in [0.717, 1.165) is 28.8 Å². The van der Waals surface area contributed by atoms with Crippen molar-refractivity contribution in [3.05, 3.63) is 58.2 Å². The summed E-state index contributed by atoms with van der Waals surface area (Å²) in [5.41, 5.74) is 1.05. The fraction of sp³-hybridized carbons (Fsp3) is 0.375. The molecule has 5 heteroatoms. The molecule has 0 saturated carbocycles. The van der Waals surface area contributed by atoms with Crippen LogP contribution in [0.4, 0.5) is 4.39 Å². The van der Waals surface area contributed by atoms with Crippen LogP contribution in [0.1, 0.15) is 30.7 Å². The van der Waals surface area contributed by atoms with Crippen molar-refractivity contribution in [3.63, 3.8) is 0 Å². The van der Waals surface area contributed by atoms with Gasteiger partial charge in [0, 0.05) is 17.1 Å². The van der Waals surface area contributed by atoms with Crippen LogP contribution in [0.5, 0.6) is 0 Å². The maximum Gasteiger partial charge on any atom is 0.129 e. The molecule has 0 aliphatic heterocycles. The average molecular weight is 356 g/mol. The first kappa shape index (κ1) is 16.2. The normalized spacial score (nSPS) is 12.5. The van der Waals surface area contributed by atoms with Gasteiger partial charge in [-0.2, -0.15) is 0 Å². The molecule has 114 valence electrons. The summed E-state index contributed by atoms with van der Waals surface area (Å²) < 4.78 is 24.5. The van der Waals surface area contributed by atoms with Gasteiger partial charge in [-0.1, -0.05) is 22.0 Å². The zero-order valence-electron chi connectivity index (χ0n) is 11.9. The Labute approximate surface area is 132 Å². The van der Waals surface area contributed by atoms with Crippen molar-refractivity contribution in [2.45, 2.75) is 26.0 Å². The molecule has 0 aliphatic carbocycles. The van der Waals surface area contributed by atoms with Crippen molar-refractivity contribution in [1.82, 2.24) is 5.32 Å². The summed E-state index contributed by atoms with van der Waals surface area (Å²) in [6.07, 6.45) is 2.55. The number of furan rings is 1. The first-order valence-corrected chi connectivity index (χ1v) is 7.74. The smallest absolute Gasteiger partial charge is 0.129 e. The standard InChI is InChI=1S/C16H19BrFNO2/c1-12(15-6-5-13(18)10-16(15)17)19-7-3-8-20-11-14-4-2-9-21-14/h2,4-6,9-10,12,19H,3,7-8,11H2,1H3. The molecule has 0 saturated heterocycles. The highest BCUT2D eigenvalue weighted by Gasteiger charge is 2.09. The molecule has 0 spiro atoms. The molecule has 1 heterocycles. The zero-order valence-corrected chi connectivity index (χ0v) is 13.5. The average Bonchev–Trinajstić information content (AvgIpc) is 2.95. The van der Waals surface area contributed by atoms with Gasteiger partial charge in [0.25, 0.3) is 0 Å². The van der Waals surface area contributed by atoms with Crippen molar-refractivity contribution in [2.75, 3.05) is 13.2 Å². The number of benzene rings is 1. The van der Waals surface area contributed by atoms with E-state index in [-0.39, 0.29) is 11.9 Å². The van der Waals surface area contributed by atoms with Crippen LogP contribution in [0.3, 0.4) is 0 Å². The molecule has 3 nitrogen and oxygen atoms in total. The molecule has 0 radical (unpaired) electrons. The summed E-state index contributed by atoms with van der Waals surface area (Å²) >= 11 is 3.39. The molecule has 0 amide bonds. The molecule has 1 aromatic heterocycles. The highest BCUT2D eigenvalue weighted by Crippen LogP contribution is 2.24. The number of halogens is 2. The van der Waals surface area contributed by atoms with Crippen LogP contribution in [-0.2, 0) is 11.3 Å². The summed E-state index contributed by atoms with van der Waals surface area (Å²) in [5.74, 6) is 0.607. The Morgan fingerprint density at radius 1 is 1.38 bits per heavy atom. The molecule has 0 aliphatic rings. The fourth-order valence-electron chi connectivity index (χ4n) is 2.02. The molecule has 2 aromatic rings. The second-order valence-corrected chi connectivity index (χ2v) is 5.68. The highest BCUT2D eigenvalue weighted by atomic mass is 79.9. The lowest BCUT2D eigenvalue weighted by atomic mass is 10.1. The van der Waals surface area contributed by atoms with Crippen LogP contribution >= 0.6 is 15.9 Å². The van der Waals surface area contributed by atoms with Crippen molar-refractivity contribution >= 4 is 15.9 Å². The van der Waals surface area contributed by atoms with Gasteiger partial charge in [0.2, 0.25) is 0 Å². The van der Waals surface area contributed by atoms with Crippen LogP contribution in [0.15, 0.2) is 45.5 Å². The third kappa shape index (κ3) is 5.26. The summed E-state index contributed by atoms with van der Waals surface area (Å²) in [6, 6.07) is 8.66. The summed E-state index contributed by atoms with van der Waals surface area (Å²) in [5, 5.41) is 3.40. The Balaban J connectivity index is 1.63. The Hall–Kier alpha value is -1.17. The van der Waals surface area contributed by atoms with E-state index in [1.165, 1.54) is 12.1 Å². The molecule has 1 atom stereocenters. The second kappa shape index (κ2) is 8.32. The second-order valence-electron chi connectivity index (χ2n) is 4.83. The Bertz CT molecular complexity index is 545. The SMILES string of the molecule is CC(NCCCOCc1ccco1)c1ccc(F)cc1Br. The van der Waals surface area contributed by atoms with E-state index < -0.39 is 0 Å². The van der Waals surface area contributed by atoms with E-state index in [4.69, 9.17) is 9.15 Å². The number of rotatable bonds is 8. The van der Waals surface area contributed by atoms with Crippen molar-refractivity contribution in [1.29, 1.82) is 0 Å². The highest BCUT2D eigenvalue weighted by molar-refractivity contribution is 9.10. The predicted molar refractivity (Wildman–Crippen MR) is 83.5 cm³/mol. The molecule has 21 heavy (non-hydrogen) atoms. The van der Waals surface area contributed by atoms with Crippen LogP contribution in [-0.4, -0.2) is 13.2 Å². The van der Waals surface area contributed by atoms with Gasteiger partial charge in [-0.05, 0) is 49.7 Å².